The van der Waals surface area contributed by atoms with Crippen LogP contribution in [-0.4, -0.2) is 54.6 Å². The molecule has 6 heteroatoms. The number of pyridine rings is 1. The Balaban J connectivity index is 1.47. The van der Waals surface area contributed by atoms with Crippen molar-refractivity contribution in [2.45, 2.75) is 18.9 Å². The first-order valence-corrected chi connectivity index (χ1v) is 7.37. The van der Waals surface area contributed by atoms with Gasteiger partial charge in [0.15, 0.2) is 0 Å². The van der Waals surface area contributed by atoms with Crippen LogP contribution in [0.25, 0.3) is 0 Å². The number of amides is 1. The van der Waals surface area contributed by atoms with E-state index in [-0.39, 0.29) is 5.91 Å². The minimum Gasteiger partial charge on any atom is -0.368 e. The molecule has 21 heavy (non-hydrogen) atoms. The molecule has 3 rings (SSSR count). The molecule has 110 valence electrons. The van der Waals surface area contributed by atoms with E-state index in [1.165, 1.54) is 0 Å². The summed E-state index contributed by atoms with van der Waals surface area (Å²) in [6.45, 7) is 4.00. The average molecular weight is 285 g/mol. The number of hydrogen-bond acceptors (Lipinski definition) is 5. The summed E-state index contributed by atoms with van der Waals surface area (Å²) in [5.74, 6) is 0.144. The van der Waals surface area contributed by atoms with E-state index >= 15 is 0 Å². The average Bonchev–Trinajstić information content (AvgIpc) is 3.32. The van der Waals surface area contributed by atoms with E-state index in [2.05, 4.69) is 20.1 Å². The lowest BCUT2D eigenvalue weighted by atomic mass is 10.2. The maximum atomic E-state index is 11.8. The van der Waals surface area contributed by atoms with Gasteiger partial charge in [0.05, 0.1) is 18.4 Å². The summed E-state index contributed by atoms with van der Waals surface area (Å²) in [4.78, 5) is 20.3. The van der Waals surface area contributed by atoms with Crippen LogP contribution in [0.2, 0.25) is 0 Å². The topological polar surface area (TPSA) is 72.3 Å². The third-order valence-electron chi connectivity index (χ3n) is 3.91. The van der Waals surface area contributed by atoms with Crippen molar-refractivity contribution in [3.05, 3.63) is 24.0 Å². The Hall–Kier alpha value is -2.13. The van der Waals surface area contributed by atoms with Gasteiger partial charge in [0.25, 0.3) is 0 Å². The number of hydrogen-bond donors (Lipinski definition) is 1. The number of aromatic nitrogens is 1. The molecule has 1 amide bonds. The fourth-order valence-electron chi connectivity index (χ4n) is 2.51. The zero-order valence-electron chi connectivity index (χ0n) is 12.0. The van der Waals surface area contributed by atoms with Crippen LogP contribution in [0.5, 0.6) is 0 Å². The molecule has 1 aromatic rings. The second-order valence-corrected chi connectivity index (χ2v) is 5.62. The predicted molar refractivity (Wildman–Crippen MR) is 78.8 cm³/mol. The van der Waals surface area contributed by atoms with Gasteiger partial charge in [0, 0.05) is 32.2 Å². The maximum Gasteiger partial charge on any atom is 0.234 e. The molecule has 0 bridgehead atoms. The smallest absolute Gasteiger partial charge is 0.234 e. The Morgan fingerprint density at radius 2 is 2.10 bits per heavy atom. The summed E-state index contributed by atoms with van der Waals surface area (Å²) in [5, 5.41) is 11.8. The molecule has 2 fully saturated rings. The van der Waals surface area contributed by atoms with Gasteiger partial charge in [0.2, 0.25) is 5.91 Å². The fourth-order valence-corrected chi connectivity index (χ4v) is 2.51. The van der Waals surface area contributed by atoms with Crippen LogP contribution in [0.4, 0.5) is 5.69 Å². The summed E-state index contributed by atoms with van der Waals surface area (Å²) in [6, 6.07) is 6.13. The Morgan fingerprint density at radius 1 is 1.33 bits per heavy atom. The summed E-state index contributed by atoms with van der Waals surface area (Å²) in [6.07, 6.45) is 4.00. The highest BCUT2D eigenvalue weighted by molar-refractivity contribution is 5.78. The minimum atomic E-state index is 0.144. The Bertz CT molecular complexity index is 538. The van der Waals surface area contributed by atoms with Gasteiger partial charge in [-0.1, -0.05) is 0 Å². The summed E-state index contributed by atoms with van der Waals surface area (Å²) >= 11 is 0. The number of carbonyl (C=O) groups is 1. The lowest BCUT2D eigenvalue weighted by molar-refractivity contribution is -0.122. The van der Waals surface area contributed by atoms with Crippen LogP contribution >= 0.6 is 0 Å². The van der Waals surface area contributed by atoms with Gasteiger partial charge < -0.3 is 10.2 Å². The van der Waals surface area contributed by atoms with Crippen molar-refractivity contribution in [1.29, 1.82) is 5.26 Å². The third-order valence-corrected chi connectivity index (χ3v) is 3.91. The highest BCUT2D eigenvalue weighted by Gasteiger charge is 2.25. The highest BCUT2D eigenvalue weighted by atomic mass is 16.2. The standard InChI is InChI=1S/C15H19N5O/c16-9-13-3-4-14(10-17-13)20-7-5-19(6-8-20)11-15(21)18-12-1-2-12/h3-4,10,12H,1-2,5-8,11H2,(H,18,21). The van der Waals surface area contributed by atoms with Gasteiger partial charge in [0.1, 0.15) is 11.8 Å². The number of rotatable bonds is 4. The first kappa shape index (κ1) is 13.8. The molecule has 1 aromatic heterocycles. The van der Waals surface area contributed by atoms with Crippen LogP contribution in [0.3, 0.4) is 0 Å². The fraction of sp³-hybridized carbons (Fsp3) is 0.533. The van der Waals surface area contributed by atoms with Crippen LogP contribution in [0.15, 0.2) is 18.3 Å². The van der Waals surface area contributed by atoms with E-state index < -0.39 is 0 Å². The Morgan fingerprint density at radius 3 is 2.67 bits per heavy atom. The normalized spacial score (nSPS) is 19.1. The van der Waals surface area contributed by atoms with Crippen molar-refractivity contribution in [2.24, 2.45) is 0 Å². The molecule has 0 aromatic carbocycles. The molecule has 2 aliphatic rings. The van der Waals surface area contributed by atoms with Crippen LogP contribution in [0.1, 0.15) is 18.5 Å². The van der Waals surface area contributed by atoms with E-state index in [1.54, 1.807) is 12.3 Å². The molecule has 2 heterocycles. The van der Waals surface area contributed by atoms with E-state index in [9.17, 15) is 4.79 Å². The number of anilines is 1. The number of nitriles is 1. The predicted octanol–water partition coefficient (Wildman–Crippen LogP) is 0.354. The molecule has 1 N–H and O–H groups in total. The molecule has 1 saturated heterocycles. The van der Waals surface area contributed by atoms with Gasteiger partial charge in [-0.3, -0.25) is 9.69 Å². The summed E-state index contributed by atoms with van der Waals surface area (Å²) < 4.78 is 0. The molecule has 0 unspecified atom stereocenters. The maximum absolute atomic E-state index is 11.8. The quantitative estimate of drug-likeness (QED) is 0.864. The lowest BCUT2D eigenvalue weighted by Crippen LogP contribution is -2.49. The van der Waals surface area contributed by atoms with E-state index in [0.717, 1.165) is 44.7 Å². The van der Waals surface area contributed by atoms with Crippen LogP contribution in [0, 0.1) is 11.3 Å². The van der Waals surface area contributed by atoms with Crippen molar-refractivity contribution in [3.8, 4) is 6.07 Å². The van der Waals surface area contributed by atoms with Crippen molar-refractivity contribution in [3.63, 3.8) is 0 Å². The number of carbonyl (C=O) groups excluding carboxylic acids is 1. The molecular weight excluding hydrogens is 266 g/mol. The van der Waals surface area contributed by atoms with Crippen LogP contribution in [-0.2, 0) is 4.79 Å². The summed E-state index contributed by atoms with van der Waals surface area (Å²) in [5.41, 5.74) is 1.48. The Kier molecular flexibility index (Phi) is 4.02. The van der Waals surface area contributed by atoms with Crippen molar-refractivity contribution in [2.75, 3.05) is 37.6 Å². The SMILES string of the molecule is N#Cc1ccc(N2CCN(CC(=O)NC3CC3)CC2)cn1. The monoisotopic (exact) mass is 285 g/mol. The molecule has 0 spiro atoms. The second kappa shape index (κ2) is 6.10. The zero-order chi connectivity index (χ0) is 14.7. The lowest BCUT2D eigenvalue weighted by Gasteiger charge is -2.35. The van der Waals surface area contributed by atoms with Crippen molar-refractivity contribution >= 4 is 11.6 Å². The van der Waals surface area contributed by atoms with E-state index in [4.69, 9.17) is 5.26 Å². The molecule has 1 aliphatic heterocycles. The largest absolute Gasteiger partial charge is 0.368 e. The van der Waals surface area contributed by atoms with Crippen molar-refractivity contribution < 1.29 is 4.79 Å². The molecule has 0 radical (unpaired) electrons. The first-order valence-electron chi connectivity index (χ1n) is 7.37. The third kappa shape index (κ3) is 3.70. The number of nitrogens with zero attached hydrogens (tertiary/aromatic N) is 4. The van der Waals surface area contributed by atoms with Gasteiger partial charge in [-0.25, -0.2) is 4.98 Å². The zero-order valence-corrected chi connectivity index (χ0v) is 12.0. The van der Waals surface area contributed by atoms with Gasteiger partial charge in [-0.15, -0.1) is 0 Å². The second-order valence-electron chi connectivity index (χ2n) is 5.62. The van der Waals surface area contributed by atoms with Gasteiger partial charge >= 0.3 is 0 Å². The minimum absolute atomic E-state index is 0.144. The molecule has 1 saturated carbocycles. The molecular formula is C15H19N5O. The first-order chi connectivity index (χ1) is 10.2. The number of nitrogens with one attached hydrogen (secondary N) is 1. The molecule has 1 aliphatic carbocycles. The highest BCUT2D eigenvalue weighted by Crippen LogP contribution is 2.19. The molecule has 6 nitrogen and oxygen atoms in total. The Labute approximate surface area is 124 Å². The molecule has 0 atom stereocenters. The van der Waals surface area contributed by atoms with E-state index in [1.807, 2.05) is 12.1 Å². The van der Waals surface area contributed by atoms with Gasteiger partial charge in [-0.2, -0.15) is 5.26 Å². The number of piperazine rings is 1. The van der Waals surface area contributed by atoms with Gasteiger partial charge in [-0.05, 0) is 25.0 Å². The van der Waals surface area contributed by atoms with Crippen LogP contribution < -0.4 is 10.2 Å². The summed E-state index contributed by atoms with van der Waals surface area (Å²) in [7, 11) is 0. The van der Waals surface area contributed by atoms with Crippen molar-refractivity contribution in [1.82, 2.24) is 15.2 Å². The van der Waals surface area contributed by atoms with E-state index in [0.29, 0.717) is 18.3 Å².